The summed E-state index contributed by atoms with van der Waals surface area (Å²) in [6.45, 7) is -0.374. The average Bonchev–Trinajstić information content (AvgIpc) is 2.70. The van der Waals surface area contributed by atoms with Crippen LogP contribution < -0.4 is 5.32 Å². The van der Waals surface area contributed by atoms with Crippen molar-refractivity contribution in [2.24, 2.45) is 0 Å². The van der Waals surface area contributed by atoms with E-state index in [4.69, 9.17) is 10.2 Å². The van der Waals surface area contributed by atoms with Gasteiger partial charge in [-0.25, -0.2) is 0 Å². The number of nitrogens with zero attached hydrogens (tertiary/aromatic N) is 2. The number of carbonyl (C=O) groups excluding carboxylic acids is 1. The number of amides is 1. The number of aliphatic hydroxyl groups excluding tert-OH is 2. The molecular formula is C20H21N3O3S. The fourth-order valence-electron chi connectivity index (χ4n) is 2.31. The van der Waals surface area contributed by atoms with Gasteiger partial charge in [0.05, 0.1) is 18.9 Å². The third-order valence-corrected chi connectivity index (χ3v) is 4.69. The van der Waals surface area contributed by atoms with E-state index in [2.05, 4.69) is 5.32 Å². The van der Waals surface area contributed by atoms with E-state index in [-0.39, 0.29) is 31.9 Å². The van der Waals surface area contributed by atoms with Crippen LogP contribution in [0.4, 0.5) is 5.69 Å². The van der Waals surface area contributed by atoms with E-state index in [1.165, 1.54) is 11.1 Å². The van der Waals surface area contributed by atoms with Crippen molar-refractivity contribution in [2.45, 2.75) is 9.79 Å². The monoisotopic (exact) mass is 383 g/mol. The van der Waals surface area contributed by atoms with Crippen molar-refractivity contribution in [1.82, 2.24) is 4.90 Å². The third-order valence-electron chi connectivity index (χ3n) is 3.61. The van der Waals surface area contributed by atoms with Crippen molar-refractivity contribution in [3.63, 3.8) is 0 Å². The Morgan fingerprint density at radius 1 is 1.07 bits per heavy atom. The molecule has 0 atom stereocenters. The second kappa shape index (κ2) is 11.0. The van der Waals surface area contributed by atoms with E-state index in [1.54, 1.807) is 11.8 Å². The Kier molecular flexibility index (Phi) is 8.39. The highest BCUT2D eigenvalue weighted by atomic mass is 32.2. The molecule has 7 heteroatoms. The number of nitriles is 1. The smallest absolute Gasteiger partial charge is 0.266 e. The molecule has 0 unspecified atom stereocenters. The van der Waals surface area contributed by atoms with E-state index >= 15 is 0 Å². The topological polar surface area (TPSA) is 96.6 Å². The zero-order chi connectivity index (χ0) is 19.5. The van der Waals surface area contributed by atoms with Crippen molar-refractivity contribution in [2.75, 3.05) is 31.6 Å². The fraction of sp³-hybridized carbons (Fsp3) is 0.200. The minimum absolute atomic E-state index is 0.0544. The molecule has 0 aliphatic heterocycles. The Balaban J connectivity index is 2.17. The minimum Gasteiger partial charge on any atom is -0.395 e. The van der Waals surface area contributed by atoms with E-state index < -0.39 is 5.91 Å². The van der Waals surface area contributed by atoms with Gasteiger partial charge in [-0.2, -0.15) is 5.26 Å². The maximum absolute atomic E-state index is 12.4. The quantitative estimate of drug-likeness (QED) is 0.455. The molecule has 0 saturated heterocycles. The predicted octanol–water partition coefficient (Wildman–Crippen LogP) is 2.47. The molecule has 0 saturated carbocycles. The van der Waals surface area contributed by atoms with Gasteiger partial charge in [-0.1, -0.05) is 42.1 Å². The van der Waals surface area contributed by atoms with Gasteiger partial charge in [0.2, 0.25) is 0 Å². The summed E-state index contributed by atoms with van der Waals surface area (Å²) < 4.78 is 0. The van der Waals surface area contributed by atoms with E-state index in [9.17, 15) is 10.1 Å². The maximum atomic E-state index is 12.4. The first kappa shape index (κ1) is 20.5. The van der Waals surface area contributed by atoms with Gasteiger partial charge < -0.3 is 20.4 Å². The van der Waals surface area contributed by atoms with Gasteiger partial charge in [-0.05, 0) is 24.3 Å². The molecule has 140 valence electrons. The molecule has 0 bridgehead atoms. The summed E-state index contributed by atoms with van der Waals surface area (Å²) in [5.41, 5.74) is 0.666. The predicted molar refractivity (Wildman–Crippen MR) is 105 cm³/mol. The molecule has 0 radical (unpaired) electrons. The number of hydrogen-bond acceptors (Lipinski definition) is 6. The summed E-state index contributed by atoms with van der Waals surface area (Å²) in [5.74, 6) is -0.540. The lowest BCUT2D eigenvalue weighted by atomic mass is 10.2. The lowest BCUT2D eigenvalue weighted by molar-refractivity contribution is -0.127. The standard InChI is InChI=1S/C20H21N3O3S/c21-14-16(20(26)23(10-12-24)11-13-25)15-22-18-8-4-5-9-19(18)27-17-6-2-1-3-7-17/h1-9,15,22,24-25H,10-13H2/b16-15-. The molecule has 2 aromatic carbocycles. The number of benzene rings is 2. The highest BCUT2D eigenvalue weighted by Gasteiger charge is 2.17. The number of anilines is 1. The average molecular weight is 383 g/mol. The highest BCUT2D eigenvalue weighted by Crippen LogP contribution is 2.33. The SMILES string of the molecule is N#C/C(=C/Nc1ccccc1Sc1ccccc1)C(=O)N(CCO)CCO. The fourth-order valence-corrected chi connectivity index (χ4v) is 3.24. The number of aliphatic hydroxyl groups is 2. The molecule has 0 spiro atoms. The van der Waals surface area contributed by atoms with E-state index in [1.807, 2.05) is 60.7 Å². The lowest BCUT2D eigenvalue weighted by Gasteiger charge is -2.20. The summed E-state index contributed by atoms with van der Waals surface area (Å²) in [6, 6.07) is 19.3. The van der Waals surface area contributed by atoms with Gasteiger partial charge in [0, 0.05) is 29.1 Å². The first-order valence-corrected chi connectivity index (χ1v) is 9.21. The van der Waals surface area contributed by atoms with Crippen LogP contribution in [0.25, 0.3) is 0 Å². The Morgan fingerprint density at radius 3 is 2.33 bits per heavy atom. The van der Waals surface area contributed by atoms with Gasteiger partial charge in [0.1, 0.15) is 11.6 Å². The summed E-state index contributed by atoms with van der Waals surface area (Å²) in [5, 5.41) is 30.5. The molecule has 27 heavy (non-hydrogen) atoms. The van der Waals surface area contributed by atoms with Crippen LogP contribution in [-0.2, 0) is 4.79 Å². The van der Waals surface area contributed by atoms with Gasteiger partial charge in [-0.15, -0.1) is 0 Å². The van der Waals surface area contributed by atoms with Crippen molar-refractivity contribution in [3.05, 3.63) is 66.4 Å². The number of rotatable bonds is 9. The number of nitrogens with one attached hydrogen (secondary N) is 1. The second-order valence-corrected chi connectivity index (χ2v) is 6.58. The van der Waals surface area contributed by atoms with Gasteiger partial charge in [0.25, 0.3) is 5.91 Å². The Hall–Kier alpha value is -2.79. The molecule has 1 amide bonds. The second-order valence-electron chi connectivity index (χ2n) is 5.46. The summed E-state index contributed by atoms with van der Waals surface area (Å²) in [7, 11) is 0. The summed E-state index contributed by atoms with van der Waals surface area (Å²) in [6.07, 6.45) is 1.36. The number of para-hydroxylation sites is 1. The molecule has 2 rings (SSSR count). The maximum Gasteiger partial charge on any atom is 0.266 e. The first-order valence-electron chi connectivity index (χ1n) is 8.39. The Morgan fingerprint density at radius 2 is 1.70 bits per heavy atom. The molecule has 0 fully saturated rings. The van der Waals surface area contributed by atoms with Crippen LogP contribution >= 0.6 is 11.8 Å². The largest absolute Gasteiger partial charge is 0.395 e. The van der Waals surface area contributed by atoms with E-state index in [0.29, 0.717) is 0 Å². The van der Waals surface area contributed by atoms with Gasteiger partial charge in [-0.3, -0.25) is 4.79 Å². The van der Waals surface area contributed by atoms with Crippen LogP contribution in [-0.4, -0.2) is 47.3 Å². The van der Waals surface area contributed by atoms with Crippen molar-refractivity contribution < 1.29 is 15.0 Å². The van der Waals surface area contributed by atoms with Gasteiger partial charge >= 0.3 is 0 Å². The molecule has 0 aromatic heterocycles. The van der Waals surface area contributed by atoms with Crippen molar-refractivity contribution in [3.8, 4) is 6.07 Å². The zero-order valence-corrected chi connectivity index (χ0v) is 15.5. The molecule has 0 aliphatic rings. The molecule has 6 nitrogen and oxygen atoms in total. The Bertz CT molecular complexity index is 813. The first-order chi connectivity index (χ1) is 13.2. The number of hydrogen-bond donors (Lipinski definition) is 3. The lowest BCUT2D eigenvalue weighted by Crippen LogP contribution is -2.36. The van der Waals surface area contributed by atoms with Crippen molar-refractivity contribution >= 4 is 23.4 Å². The van der Waals surface area contributed by atoms with Crippen LogP contribution in [0.3, 0.4) is 0 Å². The third kappa shape index (κ3) is 6.15. The molecule has 0 aliphatic carbocycles. The summed E-state index contributed by atoms with van der Waals surface area (Å²) >= 11 is 1.57. The zero-order valence-electron chi connectivity index (χ0n) is 14.7. The molecule has 0 heterocycles. The Labute approximate surface area is 162 Å². The van der Waals surface area contributed by atoms with Crippen LogP contribution in [0.15, 0.2) is 76.2 Å². The van der Waals surface area contributed by atoms with Crippen LogP contribution in [0, 0.1) is 11.3 Å². The molecular weight excluding hydrogens is 362 g/mol. The number of carbonyl (C=O) groups is 1. The van der Waals surface area contributed by atoms with Gasteiger partial charge in [0.15, 0.2) is 0 Å². The van der Waals surface area contributed by atoms with E-state index in [0.717, 1.165) is 15.5 Å². The normalized spacial score (nSPS) is 10.9. The van der Waals surface area contributed by atoms with Crippen LogP contribution in [0.2, 0.25) is 0 Å². The summed E-state index contributed by atoms with van der Waals surface area (Å²) in [4.78, 5) is 15.7. The van der Waals surface area contributed by atoms with Crippen molar-refractivity contribution in [1.29, 1.82) is 5.26 Å². The van der Waals surface area contributed by atoms with Crippen LogP contribution in [0.5, 0.6) is 0 Å². The molecule has 2 aromatic rings. The molecule has 3 N–H and O–H groups in total. The minimum atomic E-state index is -0.540. The van der Waals surface area contributed by atoms with Crippen LogP contribution in [0.1, 0.15) is 0 Å². The highest BCUT2D eigenvalue weighted by molar-refractivity contribution is 7.99.